The first kappa shape index (κ1) is 13.1. The van der Waals surface area contributed by atoms with Gasteiger partial charge < -0.3 is 0 Å². The first-order valence-corrected chi connectivity index (χ1v) is 6.44. The minimum atomic E-state index is 0.153. The van der Waals surface area contributed by atoms with Crippen LogP contribution < -0.4 is 11.3 Å². The first-order chi connectivity index (χ1) is 8.50. The molecule has 2 aromatic rings. The van der Waals surface area contributed by atoms with E-state index in [4.69, 9.17) is 5.84 Å². The molecule has 0 aliphatic heterocycles. The summed E-state index contributed by atoms with van der Waals surface area (Å²) in [6, 6.07) is 15.3. The van der Waals surface area contributed by atoms with Crippen LogP contribution in [0.2, 0.25) is 0 Å². The Morgan fingerprint density at radius 3 is 2.33 bits per heavy atom. The Hall–Kier alpha value is -1.38. The summed E-state index contributed by atoms with van der Waals surface area (Å²) in [7, 11) is 0. The van der Waals surface area contributed by atoms with Crippen molar-refractivity contribution in [1.82, 2.24) is 5.43 Å². The summed E-state index contributed by atoms with van der Waals surface area (Å²) in [5, 5.41) is 2.58. The average Bonchev–Trinajstić information content (AvgIpc) is 2.34. The number of hydrazine groups is 1. The normalized spacial score (nSPS) is 13.8. The molecule has 0 heterocycles. The average molecular weight is 242 g/mol. The molecule has 0 aromatic heterocycles. The molecule has 96 valence electrons. The molecule has 0 radical (unpaired) electrons. The van der Waals surface area contributed by atoms with Crippen LogP contribution in [0.5, 0.6) is 0 Å². The molecular formula is C16H22N2. The number of hydrogen-bond acceptors (Lipinski definition) is 2. The molecule has 2 nitrogen and oxygen atoms in total. The maximum absolute atomic E-state index is 5.67. The van der Waals surface area contributed by atoms with Crippen LogP contribution in [-0.4, -0.2) is 6.04 Å². The highest BCUT2D eigenvalue weighted by Crippen LogP contribution is 2.23. The van der Waals surface area contributed by atoms with E-state index in [0.717, 1.165) is 6.42 Å². The lowest BCUT2D eigenvalue weighted by Crippen LogP contribution is -2.45. The minimum Gasteiger partial charge on any atom is -0.271 e. The van der Waals surface area contributed by atoms with Crippen molar-refractivity contribution >= 4 is 10.8 Å². The first-order valence-electron chi connectivity index (χ1n) is 6.44. The Labute approximate surface area is 109 Å². The van der Waals surface area contributed by atoms with Crippen molar-refractivity contribution in [2.24, 2.45) is 11.3 Å². The number of hydrogen-bond donors (Lipinski definition) is 2. The Morgan fingerprint density at radius 2 is 1.72 bits per heavy atom. The highest BCUT2D eigenvalue weighted by atomic mass is 15.2. The number of benzene rings is 2. The monoisotopic (exact) mass is 242 g/mol. The molecular weight excluding hydrogens is 220 g/mol. The molecule has 1 unspecified atom stereocenters. The van der Waals surface area contributed by atoms with Crippen LogP contribution in [0.15, 0.2) is 42.5 Å². The van der Waals surface area contributed by atoms with Crippen molar-refractivity contribution in [2.75, 3.05) is 0 Å². The van der Waals surface area contributed by atoms with E-state index in [1.165, 1.54) is 16.3 Å². The predicted molar refractivity (Wildman–Crippen MR) is 78.2 cm³/mol. The molecule has 2 rings (SSSR count). The SMILES string of the molecule is CC(C)(C)C(Cc1ccc2ccccc2c1)NN. The summed E-state index contributed by atoms with van der Waals surface area (Å²) in [4.78, 5) is 0. The van der Waals surface area contributed by atoms with Crippen molar-refractivity contribution < 1.29 is 0 Å². The highest BCUT2D eigenvalue weighted by molar-refractivity contribution is 5.82. The summed E-state index contributed by atoms with van der Waals surface area (Å²) >= 11 is 0. The van der Waals surface area contributed by atoms with Gasteiger partial charge >= 0.3 is 0 Å². The van der Waals surface area contributed by atoms with E-state index in [2.05, 4.69) is 68.7 Å². The minimum absolute atomic E-state index is 0.153. The van der Waals surface area contributed by atoms with E-state index in [0.29, 0.717) is 0 Å². The van der Waals surface area contributed by atoms with Crippen LogP contribution in [0.1, 0.15) is 26.3 Å². The third-order valence-corrected chi connectivity index (χ3v) is 3.50. The smallest absolute Gasteiger partial charge is 0.0299 e. The third kappa shape index (κ3) is 2.89. The molecule has 3 N–H and O–H groups in total. The molecule has 0 saturated carbocycles. The second-order valence-electron chi connectivity index (χ2n) is 5.97. The van der Waals surface area contributed by atoms with Crippen molar-refractivity contribution in [1.29, 1.82) is 0 Å². The van der Waals surface area contributed by atoms with Crippen molar-refractivity contribution in [2.45, 2.75) is 33.2 Å². The largest absolute Gasteiger partial charge is 0.271 e. The summed E-state index contributed by atoms with van der Waals surface area (Å²) in [5.41, 5.74) is 4.42. The molecule has 0 aliphatic rings. The van der Waals surface area contributed by atoms with Crippen molar-refractivity contribution in [3.8, 4) is 0 Å². The molecule has 0 fully saturated rings. The fourth-order valence-corrected chi connectivity index (χ4v) is 2.22. The summed E-state index contributed by atoms with van der Waals surface area (Å²) in [5.74, 6) is 5.67. The van der Waals surface area contributed by atoms with Gasteiger partial charge in [-0.15, -0.1) is 0 Å². The van der Waals surface area contributed by atoms with Gasteiger partial charge in [0.1, 0.15) is 0 Å². The van der Waals surface area contributed by atoms with E-state index in [1.807, 2.05) is 0 Å². The van der Waals surface area contributed by atoms with Gasteiger partial charge in [0.2, 0.25) is 0 Å². The molecule has 0 amide bonds. The van der Waals surface area contributed by atoms with Crippen LogP contribution in [0.3, 0.4) is 0 Å². The van der Waals surface area contributed by atoms with Gasteiger partial charge in [0.15, 0.2) is 0 Å². The van der Waals surface area contributed by atoms with E-state index in [9.17, 15) is 0 Å². The van der Waals surface area contributed by atoms with E-state index < -0.39 is 0 Å². The fourth-order valence-electron chi connectivity index (χ4n) is 2.22. The summed E-state index contributed by atoms with van der Waals surface area (Å²) < 4.78 is 0. The molecule has 1 atom stereocenters. The van der Waals surface area contributed by atoms with Gasteiger partial charge in [-0.3, -0.25) is 11.3 Å². The second kappa shape index (κ2) is 5.09. The topological polar surface area (TPSA) is 38.0 Å². The van der Waals surface area contributed by atoms with Crippen LogP contribution in [0, 0.1) is 5.41 Å². The van der Waals surface area contributed by atoms with Crippen LogP contribution in [0.25, 0.3) is 10.8 Å². The number of rotatable bonds is 3. The van der Waals surface area contributed by atoms with Gasteiger partial charge in [-0.2, -0.15) is 0 Å². The quantitative estimate of drug-likeness (QED) is 0.640. The van der Waals surface area contributed by atoms with Gasteiger partial charge in [-0.25, -0.2) is 0 Å². The number of nitrogens with two attached hydrogens (primary N) is 1. The zero-order chi connectivity index (χ0) is 13.2. The van der Waals surface area contributed by atoms with Gasteiger partial charge in [0, 0.05) is 6.04 Å². The zero-order valence-corrected chi connectivity index (χ0v) is 11.4. The van der Waals surface area contributed by atoms with Crippen molar-refractivity contribution in [3.05, 3.63) is 48.0 Å². The van der Waals surface area contributed by atoms with E-state index in [1.54, 1.807) is 0 Å². The number of fused-ring (bicyclic) bond motifs is 1. The highest BCUT2D eigenvalue weighted by Gasteiger charge is 2.23. The molecule has 0 aliphatic carbocycles. The van der Waals surface area contributed by atoms with Crippen LogP contribution >= 0.6 is 0 Å². The molecule has 0 saturated heterocycles. The Kier molecular flexibility index (Phi) is 3.69. The lowest BCUT2D eigenvalue weighted by Gasteiger charge is -2.30. The van der Waals surface area contributed by atoms with Gasteiger partial charge in [0.05, 0.1) is 0 Å². The molecule has 0 bridgehead atoms. The maximum atomic E-state index is 5.67. The zero-order valence-electron chi connectivity index (χ0n) is 11.4. The lowest BCUT2D eigenvalue weighted by atomic mass is 9.83. The third-order valence-electron chi connectivity index (χ3n) is 3.50. The van der Waals surface area contributed by atoms with E-state index in [-0.39, 0.29) is 11.5 Å². The number of nitrogens with one attached hydrogen (secondary N) is 1. The molecule has 2 heteroatoms. The molecule has 0 spiro atoms. The van der Waals surface area contributed by atoms with Crippen LogP contribution in [-0.2, 0) is 6.42 Å². The van der Waals surface area contributed by atoms with Crippen LogP contribution in [0.4, 0.5) is 0 Å². The maximum Gasteiger partial charge on any atom is 0.0299 e. The Morgan fingerprint density at radius 1 is 1.06 bits per heavy atom. The second-order valence-corrected chi connectivity index (χ2v) is 5.97. The summed E-state index contributed by atoms with van der Waals surface area (Å²) in [6.45, 7) is 6.62. The Balaban J connectivity index is 2.26. The molecule has 2 aromatic carbocycles. The standard InChI is InChI=1S/C16H22N2/c1-16(2,3)15(18-17)11-12-8-9-13-6-4-5-7-14(13)10-12/h4-10,15,18H,11,17H2,1-3H3. The lowest BCUT2D eigenvalue weighted by molar-refractivity contribution is 0.269. The molecule has 18 heavy (non-hydrogen) atoms. The van der Waals surface area contributed by atoms with E-state index >= 15 is 0 Å². The van der Waals surface area contributed by atoms with Crippen molar-refractivity contribution in [3.63, 3.8) is 0 Å². The summed E-state index contributed by atoms with van der Waals surface area (Å²) in [6.07, 6.45) is 0.949. The van der Waals surface area contributed by atoms with Gasteiger partial charge in [-0.1, -0.05) is 63.2 Å². The van der Waals surface area contributed by atoms with Gasteiger partial charge in [-0.05, 0) is 28.2 Å². The van der Waals surface area contributed by atoms with Gasteiger partial charge in [0.25, 0.3) is 0 Å². The fraction of sp³-hybridized carbons (Fsp3) is 0.375. The Bertz CT molecular complexity index is 526. The predicted octanol–water partition coefficient (Wildman–Crippen LogP) is 3.26.